The summed E-state index contributed by atoms with van der Waals surface area (Å²) < 4.78 is 25.3. The van der Waals surface area contributed by atoms with Gasteiger partial charge in [-0.15, -0.1) is 0 Å². The Hall–Kier alpha value is -3.58. The molecule has 3 aromatic carbocycles. The zero-order chi connectivity index (χ0) is 22.8. The molecule has 0 aromatic heterocycles. The lowest BCUT2D eigenvalue weighted by atomic mass is 10.2. The van der Waals surface area contributed by atoms with Crippen molar-refractivity contribution in [1.82, 2.24) is 5.43 Å². The normalized spacial score (nSPS) is 10.7. The molecule has 0 fully saturated rings. The van der Waals surface area contributed by atoms with E-state index in [1.165, 1.54) is 18.3 Å². The lowest BCUT2D eigenvalue weighted by Crippen LogP contribution is -2.25. The second kappa shape index (κ2) is 11.7. The van der Waals surface area contributed by atoms with Crippen molar-refractivity contribution in [2.24, 2.45) is 5.10 Å². The number of nitrogens with one attached hydrogen (secondary N) is 2. The summed E-state index contributed by atoms with van der Waals surface area (Å²) in [6.07, 6.45) is 1.50. The highest BCUT2D eigenvalue weighted by Gasteiger charge is 2.11. The van der Waals surface area contributed by atoms with Crippen LogP contribution in [0.15, 0.2) is 71.8 Å². The van der Waals surface area contributed by atoms with Crippen LogP contribution in [0, 0.1) is 5.82 Å². The molecule has 0 heterocycles. The van der Waals surface area contributed by atoms with Gasteiger partial charge in [-0.3, -0.25) is 4.79 Å². The van der Waals surface area contributed by atoms with Crippen LogP contribution in [-0.2, 0) is 11.4 Å². The van der Waals surface area contributed by atoms with Gasteiger partial charge in [0, 0.05) is 11.3 Å². The molecule has 0 bridgehead atoms. The summed E-state index contributed by atoms with van der Waals surface area (Å²) in [5, 5.41) is 7.27. The van der Waals surface area contributed by atoms with Crippen LogP contribution in [0.5, 0.6) is 11.5 Å². The number of rotatable bonds is 10. The van der Waals surface area contributed by atoms with E-state index in [0.717, 1.165) is 5.69 Å². The van der Waals surface area contributed by atoms with Gasteiger partial charge in [-0.05, 0) is 55.0 Å². The molecule has 0 atom stereocenters. The highest BCUT2D eigenvalue weighted by atomic mass is 35.5. The van der Waals surface area contributed by atoms with Gasteiger partial charge in [0.15, 0.2) is 11.5 Å². The zero-order valence-electron chi connectivity index (χ0n) is 17.5. The minimum absolute atomic E-state index is 0.0382. The fourth-order valence-electron chi connectivity index (χ4n) is 2.77. The van der Waals surface area contributed by atoms with E-state index in [9.17, 15) is 9.18 Å². The van der Waals surface area contributed by atoms with E-state index >= 15 is 0 Å². The maximum absolute atomic E-state index is 14.0. The minimum Gasteiger partial charge on any atom is -0.490 e. The van der Waals surface area contributed by atoms with Gasteiger partial charge in [-0.2, -0.15) is 5.10 Å². The van der Waals surface area contributed by atoms with Crippen molar-refractivity contribution in [2.75, 3.05) is 18.5 Å². The van der Waals surface area contributed by atoms with Gasteiger partial charge < -0.3 is 14.8 Å². The van der Waals surface area contributed by atoms with Crippen molar-refractivity contribution in [1.29, 1.82) is 0 Å². The smallest absolute Gasteiger partial charge is 0.259 e. The lowest BCUT2D eigenvalue weighted by molar-refractivity contribution is -0.119. The van der Waals surface area contributed by atoms with E-state index in [-0.39, 0.29) is 24.6 Å². The van der Waals surface area contributed by atoms with Crippen LogP contribution in [0.25, 0.3) is 0 Å². The van der Waals surface area contributed by atoms with Crippen LogP contribution in [0.2, 0.25) is 5.02 Å². The van der Waals surface area contributed by atoms with Crippen molar-refractivity contribution in [2.45, 2.75) is 13.5 Å². The number of hydrogen-bond acceptors (Lipinski definition) is 5. The highest BCUT2D eigenvalue weighted by Crippen LogP contribution is 2.30. The highest BCUT2D eigenvalue weighted by molar-refractivity contribution is 6.31. The predicted octanol–water partition coefficient (Wildman–Crippen LogP) is 5.02. The average molecular weight is 456 g/mol. The van der Waals surface area contributed by atoms with Crippen molar-refractivity contribution >= 4 is 29.4 Å². The molecule has 32 heavy (non-hydrogen) atoms. The van der Waals surface area contributed by atoms with Crippen molar-refractivity contribution < 1.29 is 18.7 Å². The summed E-state index contributed by atoms with van der Waals surface area (Å²) >= 11 is 6.05. The standard InChI is InChI=1S/C24H23ClFN3O3/c1-2-31-23-13-17(14-28-29-24(30)15-27-18-7-4-3-5-8-18)11-12-22(23)32-16-19-20(25)9-6-10-21(19)26/h3-14,27H,2,15-16H2,1H3,(H,29,30). The first-order valence-electron chi connectivity index (χ1n) is 10.00. The molecule has 0 radical (unpaired) electrons. The number of amides is 1. The van der Waals surface area contributed by atoms with E-state index in [4.69, 9.17) is 21.1 Å². The first-order valence-corrected chi connectivity index (χ1v) is 10.4. The summed E-state index contributed by atoms with van der Waals surface area (Å²) in [7, 11) is 0. The van der Waals surface area contributed by atoms with Crippen LogP contribution in [-0.4, -0.2) is 25.3 Å². The molecule has 0 spiro atoms. The van der Waals surface area contributed by atoms with E-state index in [1.54, 1.807) is 24.3 Å². The van der Waals surface area contributed by atoms with E-state index in [0.29, 0.717) is 28.7 Å². The predicted molar refractivity (Wildman–Crippen MR) is 124 cm³/mol. The topological polar surface area (TPSA) is 72.0 Å². The number of nitrogens with zero attached hydrogens (tertiary/aromatic N) is 1. The summed E-state index contributed by atoms with van der Waals surface area (Å²) in [5.41, 5.74) is 4.28. The number of benzene rings is 3. The summed E-state index contributed by atoms with van der Waals surface area (Å²) in [5.74, 6) is 0.203. The fraction of sp³-hybridized carbons (Fsp3) is 0.167. The Morgan fingerprint density at radius 3 is 2.62 bits per heavy atom. The third-order valence-corrected chi connectivity index (χ3v) is 4.69. The Bertz CT molecular complexity index is 1060. The van der Waals surface area contributed by atoms with Gasteiger partial charge in [0.05, 0.1) is 24.4 Å². The van der Waals surface area contributed by atoms with E-state index in [1.807, 2.05) is 37.3 Å². The molecular weight excluding hydrogens is 433 g/mol. The molecule has 2 N–H and O–H groups in total. The van der Waals surface area contributed by atoms with Crippen molar-refractivity contribution in [3.05, 3.63) is 88.7 Å². The summed E-state index contributed by atoms with van der Waals surface area (Å²) in [4.78, 5) is 11.9. The molecule has 0 aliphatic carbocycles. The second-order valence-electron chi connectivity index (χ2n) is 6.64. The molecule has 0 aliphatic heterocycles. The van der Waals surface area contributed by atoms with Gasteiger partial charge in [-0.1, -0.05) is 35.9 Å². The number of ether oxygens (including phenoxy) is 2. The molecule has 3 rings (SSSR count). The number of carbonyl (C=O) groups is 1. The Morgan fingerprint density at radius 2 is 1.88 bits per heavy atom. The van der Waals surface area contributed by atoms with Crippen LogP contribution >= 0.6 is 11.6 Å². The molecule has 0 saturated carbocycles. The quantitative estimate of drug-likeness (QED) is 0.332. The Balaban J connectivity index is 1.59. The largest absolute Gasteiger partial charge is 0.490 e. The third-order valence-electron chi connectivity index (χ3n) is 4.33. The molecular formula is C24H23ClFN3O3. The number of anilines is 1. The first-order chi connectivity index (χ1) is 15.6. The van der Waals surface area contributed by atoms with Crippen LogP contribution in [0.3, 0.4) is 0 Å². The molecule has 166 valence electrons. The van der Waals surface area contributed by atoms with Gasteiger partial charge in [0.25, 0.3) is 5.91 Å². The van der Waals surface area contributed by atoms with Crippen molar-refractivity contribution in [3.8, 4) is 11.5 Å². The average Bonchev–Trinajstić information content (AvgIpc) is 2.79. The number of hydrazone groups is 1. The minimum atomic E-state index is -0.434. The molecule has 0 saturated heterocycles. The molecule has 3 aromatic rings. The Labute approximate surface area is 191 Å². The number of hydrogen-bond donors (Lipinski definition) is 2. The van der Waals surface area contributed by atoms with Crippen LogP contribution in [0.4, 0.5) is 10.1 Å². The van der Waals surface area contributed by atoms with Gasteiger partial charge in [-0.25, -0.2) is 9.82 Å². The maximum atomic E-state index is 14.0. The molecule has 1 amide bonds. The van der Waals surface area contributed by atoms with Gasteiger partial charge in [0.2, 0.25) is 0 Å². The van der Waals surface area contributed by atoms with Crippen molar-refractivity contribution in [3.63, 3.8) is 0 Å². The van der Waals surface area contributed by atoms with Gasteiger partial charge >= 0.3 is 0 Å². The third kappa shape index (κ3) is 6.72. The van der Waals surface area contributed by atoms with Gasteiger partial charge in [0.1, 0.15) is 12.4 Å². The lowest BCUT2D eigenvalue weighted by Gasteiger charge is -2.13. The SMILES string of the molecule is CCOc1cc(C=NNC(=O)CNc2ccccc2)ccc1OCc1c(F)cccc1Cl. The fourth-order valence-corrected chi connectivity index (χ4v) is 2.99. The number of halogens is 2. The van der Waals surface area contributed by atoms with E-state index in [2.05, 4.69) is 15.8 Å². The monoisotopic (exact) mass is 455 g/mol. The molecule has 6 nitrogen and oxygen atoms in total. The molecule has 0 aliphatic rings. The number of carbonyl (C=O) groups excluding carboxylic acids is 1. The number of para-hydroxylation sites is 1. The zero-order valence-corrected chi connectivity index (χ0v) is 18.2. The second-order valence-corrected chi connectivity index (χ2v) is 7.05. The van der Waals surface area contributed by atoms with E-state index < -0.39 is 5.82 Å². The summed E-state index contributed by atoms with van der Waals surface area (Å²) in [6, 6.07) is 19.0. The van der Waals surface area contributed by atoms with Crippen LogP contribution < -0.4 is 20.2 Å². The molecule has 0 unspecified atom stereocenters. The van der Waals surface area contributed by atoms with Crippen LogP contribution in [0.1, 0.15) is 18.1 Å². The Kier molecular flexibility index (Phi) is 8.45. The maximum Gasteiger partial charge on any atom is 0.259 e. The Morgan fingerprint density at radius 1 is 1.06 bits per heavy atom. The first kappa shape index (κ1) is 23.1. The summed E-state index contributed by atoms with van der Waals surface area (Å²) in [6.45, 7) is 2.32. The molecule has 8 heteroatoms.